The van der Waals surface area contributed by atoms with Gasteiger partial charge in [-0.15, -0.1) is 0 Å². The van der Waals surface area contributed by atoms with Crippen molar-refractivity contribution in [3.63, 3.8) is 0 Å². The van der Waals surface area contributed by atoms with Crippen molar-refractivity contribution in [1.29, 1.82) is 0 Å². The first-order valence-corrected chi connectivity index (χ1v) is 7.70. The van der Waals surface area contributed by atoms with Crippen LogP contribution in [-0.4, -0.2) is 19.8 Å². The van der Waals surface area contributed by atoms with E-state index in [0.29, 0.717) is 29.3 Å². The van der Waals surface area contributed by atoms with E-state index in [1.54, 1.807) is 19.2 Å². The second-order valence-electron chi connectivity index (χ2n) is 5.69. The van der Waals surface area contributed by atoms with E-state index in [1.807, 2.05) is 31.2 Å². The lowest BCUT2D eigenvalue weighted by molar-refractivity contribution is -0.116. The molecule has 6 nitrogen and oxygen atoms in total. The number of carbonyl (C=O) groups is 1. The third-order valence-corrected chi connectivity index (χ3v) is 3.98. The molecule has 0 saturated carbocycles. The van der Waals surface area contributed by atoms with E-state index < -0.39 is 0 Å². The number of carbonyl (C=O) groups excluding carboxylic acids is 1. The number of nitrogens with one attached hydrogen (secondary N) is 1. The van der Waals surface area contributed by atoms with Gasteiger partial charge in [0.2, 0.25) is 12.7 Å². The van der Waals surface area contributed by atoms with Crippen LogP contribution in [0.25, 0.3) is 0 Å². The second kappa shape index (κ2) is 6.70. The summed E-state index contributed by atoms with van der Waals surface area (Å²) in [5.41, 5.74) is 7.92. The van der Waals surface area contributed by atoms with Crippen molar-refractivity contribution >= 4 is 17.3 Å². The molecule has 1 heterocycles. The first kappa shape index (κ1) is 16.0. The van der Waals surface area contributed by atoms with Crippen LogP contribution in [0.3, 0.4) is 0 Å². The maximum atomic E-state index is 12.4. The molecule has 1 amide bonds. The molecule has 2 aromatic rings. The van der Waals surface area contributed by atoms with Crippen molar-refractivity contribution in [3.8, 4) is 17.2 Å². The summed E-state index contributed by atoms with van der Waals surface area (Å²) in [6, 6.07) is 11.0. The van der Waals surface area contributed by atoms with Crippen molar-refractivity contribution in [1.82, 2.24) is 0 Å². The Balaban J connectivity index is 1.70. The normalized spacial score (nSPS) is 13.4. The molecule has 126 valence electrons. The molecular formula is C18H20N2O4. The number of nitrogen functional groups attached to an aromatic ring is 1. The number of nitrogens with two attached hydrogens (primary N) is 1. The van der Waals surface area contributed by atoms with Crippen LogP contribution in [-0.2, 0) is 4.79 Å². The monoisotopic (exact) mass is 328 g/mol. The number of fused-ring (bicyclic) bond motifs is 1. The molecule has 2 aromatic carbocycles. The Bertz CT molecular complexity index is 761. The average Bonchev–Trinajstić information content (AvgIpc) is 3.02. The van der Waals surface area contributed by atoms with Crippen LogP contribution in [0.1, 0.15) is 24.8 Å². The van der Waals surface area contributed by atoms with E-state index in [0.717, 1.165) is 11.3 Å². The average molecular weight is 328 g/mol. The molecule has 24 heavy (non-hydrogen) atoms. The maximum absolute atomic E-state index is 12.4. The minimum Gasteiger partial charge on any atom is -0.496 e. The fourth-order valence-electron chi connectivity index (χ4n) is 2.73. The van der Waals surface area contributed by atoms with Crippen molar-refractivity contribution < 1.29 is 19.0 Å². The zero-order valence-corrected chi connectivity index (χ0v) is 13.7. The van der Waals surface area contributed by atoms with Gasteiger partial charge in [0.15, 0.2) is 11.5 Å². The highest BCUT2D eigenvalue weighted by Gasteiger charge is 2.19. The molecule has 0 aromatic heterocycles. The molecule has 6 heteroatoms. The van der Waals surface area contributed by atoms with E-state index in [4.69, 9.17) is 19.9 Å². The Labute approximate surface area is 140 Å². The number of ether oxygens (including phenoxy) is 3. The van der Waals surface area contributed by atoms with Crippen LogP contribution >= 0.6 is 0 Å². The molecule has 1 aliphatic heterocycles. The van der Waals surface area contributed by atoms with Crippen LogP contribution in [0.5, 0.6) is 17.2 Å². The van der Waals surface area contributed by atoms with Gasteiger partial charge in [-0.25, -0.2) is 0 Å². The Morgan fingerprint density at radius 1 is 1.29 bits per heavy atom. The number of para-hydroxylation sites is 1. The summed E-state index contributed by atoms with van der Waals surface area (Å²) in [7, 11) is 1.62. The van der Waals surface area contributed by atoms with Gasteiger partial charge in [-0.1, -0.05) is 25.1 Å². The number of benzene rings is 2. The Hall–Kier alpha value is -2.89. The van der Waals surface area contributed by atoms with E-state index >= 15 is 0 Å². The van der Waals surface area contributed by atoms with E-state index in [2.05, 4.69) is 5.32 Å². The molecule has 3 rings (SSSR count). The van der Waals surface area contributed by atoms with E-state index in [-0.39, 0.29) is 18.6 Å². The molecular weight excluding hydrogens is 308 g/mol. The lowest BCUT2D eigenvalue weighted by atomic mass is 9.96. The summed E-state index contributed by atoms with van der Waals surface area (Å²) in [6.07, 6.45) is 0.314. The zero-order chi connectivity index (χ0) is 17.1. The van der Waals surface area contributed by atoms with Gasteiger partial charge in [0.25, 0.3) is 0 Å². The predicted molar refractivity (Wildman–Crippen MR) is 91.6 cm³/mol. The summed E-state index contributed by atoms with van der Waals surface area (Å²) < 4.78 is 15.9. The molecule has 0 saturated heterocycles. The third-order valence-electron chi connectivity index (χ3n) is 3.98. The van der Waals surface area contributed by atoms with Crippen LogP contribution in [0.15, 0.2) is 36.4 Å². The minimum absolute atomic E-state index is 0.0105. The Morgan fingerprint density at radius 2 is 2.00 bits per heavy atom. The summed E-state index contributed by atoms with van der Waals surface area (Å²) in [5, 5.41) is 2.84. The van der Waals surface area contributed by atoms with Gasteiger partial charge in [0.1, 0.15) is 5.75 Å². The molecule has 0 aliphatic carbocycles. The number of hydrogen-bond donors (Lipinski definition) is 2. The summed E-state index contributed by atoms with van der Waals surface area (Å²) in [4.78, 5) is 12.4. The van der Waals surface area contributed by atoms with Gasteiger partial charge in [-0.05, 0) is 17.5 Å². The summed E-state index contributed by atoms with van der Waals surface area (Å²) >= 11 is 0. The first-order valence-electron chi connectivity index (χ1n) is 7.70. The fourth-order valence-corrected chi connectivity index (χ4v) is 2.73. The fraction of sp³-hybridized carbons (Fsp3) is 0.278. The molecule has 0 bridgehead atoms. The quantitative estimate of drug-likeness (QED) is 0.824. The Morgan fingerprint density at radius 3 is 2.75 bits per heavy atom. The van der Waals surface area contributed by atoms with Crippen molar-refractivity contribution in [3.05, 3.63) is 42.0 Å². The second-order valence-corrected chi connectivity index (χ2v) is 5.69. The molecule has 1 aliphatic rings. The van der Waals surface area contributed by atoms with Crippen molar-refractivity contribution in [2.24, 2.45) is 0 Å². The SMILES string of the molecule is COc1ccccc1C(C)CC(=O)Nc1cc2c(cc1N)OCO2. The van der Waals surface area contributed by atoms with Crippen LogP contribution in [0.4, 0.5) is 11.4 Å². The topological polar surface area (TPSA) is 82.8 Å². The number of anilines is 2. The lowest BCUT2D eigenvalue weighted by Crippen LogP contribution is -2.15. The van der Waals surface area contributed by atoms with Gasteiger partial charge in [0, 0.05) is 18.6 Å². The molecule has 1 unspecified atom stereocenters. The lowest BCUT2D eigenvalue weighted by Gasteiger charge is -2.16. The highest BCUT2D eigenvalue weighted by atomic mass is 16.7. The first-order chi connectivity index (χ1) is 11.6. The molecule has 3 N–H and O–H groups in total. The van der Waals surface area contributed by atoms with E-state index in [1.165, 1.54) is 0 Å². The van der Waals surface area contributed by atoms with Gasteiger partial charge in [0.05, 0.1) is 18.5 Å². The van der Waals surface area contributed by atoms with Gasteiger partial charge < -0.3 is 25.3 Å². The number of hydrogen-bond acceptors (Lipinski definition) is 5. The zero-order valence-electron chi connectivity index (χ0n) is 13.7. The standard InChI is InChI=1S/C18H20N2O4/c1-11(12-5-3-4-6-15(12)22-2)7-18(21)20-14-9-17-16(8-13(14)19)23-10-24-17/h3-6,8-9,11H,7,10,19H2,1-2H3,(H,20,21). The minimum atomic E-state index is -0.126. The van der Waals surface area contributed by atoms with E-state index in [9.17, 15) is 4.79 Å². The third kappa shape index (κ3) is 3.22. The van der Waals surface area contributed by atoms with Crippen molar-refractivity contribution in [2.75, 3.05) is 25.0 Å². The molecule has 0 radical (unpaired) electrons. The molecule has 0 spiro atoms. The number of rotatable bonds is 5. The smallest absolute Gasteiger partial charge is 0.231 e. The highest BCUT2D eigenvalue weighted by Crippen LogP contribution is 2.38. The van der Waals surface area contributed by atoms with Gasteiger partial charge >= 0.3 is 0 Å². The molecule has 1 atom stereocenters. The van der Waals surface area contributed by atoms with Crippen LogP contribution in [0.2, 0.25) is 0 Å². The van der Waals surface area contributed by atoms with Crippen LogP contribution in [0, 0.1) is 0 Å². The van der Waals surface area contributed by atoms with Gasteiger partial charge in [-0.2, -0.15) is 0 Å². The summed E-state index contributed by atoms with van der Waals surface area (Å²) in [6.45, 7) is 2.15. The molecule has 0 fully saturated rings. The largest absolute Gasteiger partial charge is 0.496 e. The van der Waals surface area contributed by atoms with Crippen molar-refractivity contribution in [2.45, 2.75) is 19.3 Å². The number of amides is 1. The highest BCUT2D eigenvalue weighted by molar-refractivity contribution is 5.95. The summed E-state index contributed by atoms with van der Waals surface area (Å²) in [5.74, 6) is 1.83. The number of methoxy groups -OCH3 is 1. The van der Waals surface area contributed by atoms with Crippen LogP contribution < -0.4 is 25.3 Å². The van der Waals surface area contributed by atoms with Gasteiger partial charge in [-0.3, -0.25) is 4.79 Å². The maximum Gasteiger partial charge on any atom is 0.231 e. The predicted octanol–water partition coefficient (Wildman–Crippen LogP) is 3.14. The Kier molecular flexibility index (Phi) is 4.46.